The van der Waals surface area contributed by atoms with Crippen molar-refractivity contribution in [1.82, 2.24) is 14.7 Å². The summed E-state index contributed by atoms with van der Waals surface area (Å²) in [5.74, 6) is -0.200. The van der Waals surface area contributed by atoms with E-state index in [9.17, 15) is 18.0 Å². The van der Waals surface area contributed by atoms with Crippen molar-refractivity contribution in [2.24, 2.45) is 0 Å². The lowest BCUT2D eigenvalue weighted by Crippen LogP contribution is -2.47. The molecule has 2 aliphatic heterocycles. The lowest BCUT2D eigenvalue weighted by Gasteiger charge is -2.36. The van der Waals surface area contributed by atoms with Crippen molar-refractivity contribution in [1.29, 1.82) is 0 Å². The van der Waals surface area contributed by atoms with Crippen LogP contribution in [0.2, 0.25) is 0 Å². The van der Waals surface area contributed by atoms with Crippen molar-refractivity contribution in [3.8, 4) is 0 Å². The van der Waals surface area contributed by atoms with E-state index in [0.29, 0.717) is 25.4 Å². The second kappa shape index (κ2) is 15.8. The molecule has 2 aliphatic rings. The molecule has 0 saturated carbocycles. The molecule has 2 heterocycles. The SMILES string of the molecule is CC(Sc1ccc2ccccc2c1CN(C)C)C(=O)OCCN1CCN(CCCN2c3ccccc3Sc3ccc(C(F)(F)F)cc32)CC1. The van der Waals surface area contributed by atoms with E-state index in [2.05, 4.69) is 59.1 Å². The van der Waals surface area contributed by atoms with Crippen LogP contribution in [-0.4, -0.2) is 92.4 Å². The number of thioether (sulfide) groups is 1. The van der Waals surface area contributed by atoms with Gasteiger partial charge in [-0.05, 0) is 86.7 Å². The third-order valence-electron chi connectivity index (χ3n) is 9.03. The summed E-state index contributed by atoms with van der Waals surface area (Å²) in [6, 6.07) is 24.6. The number of halogens is 3. The van der Waals surface area contributed by atoms with E-state index in [1.165, 1.54) is 40.2 Å². The lowest BCUT2D eigenvalue weighted by molar-refractivity contribution is -0.143. The molecular formula is C38H43F3N4O2S2. The maximum atomic E-state index is 13.6. The minimum Gasteiger partial charge on any atom is -0.463 e. The highest BCUT2D eigenvalue weighted by Gasteiger charge is 2.33. The van der Waals surface area contributed by atoms with E-state index >= 15 is 0 Å². The van der Waals surface area contributed by atoms with Gasteiger partial charge in [-0.25, -0.2) is 0 Å². The maximum Gasteiger partial charge on any atom is 0.416 e. The van der Waals surface area contributed by atoms with Crippen molar-refractivity contribution in [3.05, 3.63) is 90.0 Å². The zero-order chi connectivity index (χ0) is 34.5. The van der Waals surface area contributed by atoms with E-state index < -0.39 is 11.7 Å². The monoisotopic (exact) mass is 708 g/mol. The molecule has 0 bridgehead atoms. The molecule has 1 saturated heterocycles. The molecule has 0 spiro atoms. The number of para-hydroxylation sites is 1. The quantitative estimate of drug-likeness (QED) is 0.108. The Kier molecular flexibility index (Phi) is 11.5. The lowest BCUT2D eigenvalue weighted by atomic mass is 10.0. The maximum absolute atomic E-state index is 13.6. The first-order valence-electron chi connectivity index (χ1n) is 16.8. The zero-order valence-corrected chi connectivity index (χ0v) is 29.8. The normalized spacial score (nSPS) is 16.1. The fourth-order valence-corrected chi connectivity index (χ4v) is 8.56. The number of piperazine rings is 1. The van der Waals surface area contributed by atoms with Crippen LogP contribution in [0.4, 0.5) is 24.5 Å². The molecule has 1 unspecified atom stereocenters. The van der Waals surface area contributed by atoms with E-state index in [0.717, 1.165) is 66.1 Å². The fraction of sp³-hybridized carbons (Fsp3) is 0.395. The van der Waals surface area contributed by atoms with Gasteiger partial charge in [0.25, 0.3) is 0 Å². The Hall–Kier alpha value is -3.22. The first-order chi connectivity index (χ1) is 23.6. The zero-order valence-electron chi connectivity index (χ0n) is 28.2. The Morgan fingerprint density at radius 2 is 1.57 bits per heavy atom. The summed E-state index contributed by atoms with van der Waals surface area (Å²) in [4.78, 5) is 24.9. The number of carbonyl (C=O) groups is 1. The second-order valence-corrected chi connectivity index (χ2v) is 15.3. The van der Waals surface area contributed by atoms with Crippen LogP contribution in [0, 0.1) is 0 Å². The first kappa shape index (κ1) is 35.6. The van der Waals surface area contributed by atoms with Crippen LogP contribution in [-0.2, 0) is 22.3 Å². The number of alkyl halides is 3. The van der Waals surface area contributed by atoms with Crippen LogP contribution in [0.1, 0.15) is 24.5 Å². The Bertz CT molecular complexity index is 1760. The number of anilines is 2. The van der Waals surface area contributed by atoms with Gasteiger partial charge in [-0.1, -0.05) is 54.2 Å². The van der Waals surface area contributed by atoms with Crippen LogP contribution in [0.15, 0.2) is 93.5 Å². The van der Waals surface area contributed by atoms with Crippen molar-refractivity contribution in [2.75, 3.05) is 71.4 Å². The predicted molar refractivity (Wildman–Crippen MR) is 194 cm³/mol. The number of benzene rings is 4. The summed E-state index contributed by atoms with van der Waals surface area (Å²) in [6.07, 6.45) is -3.55. The van der Waals surface area contributed by atoms with E-state index in [1.807, 2.05) is 42.2 Å². The van der Waals surface area contributed by atoms with E-state index in [-0.39, 0.29) is 11.2 Å². The summed E-state index contributed by atoms with van der Waals surface area (Å²) < 4.78 is 46.4. The van der Waals surface area contributed by atoms with Gasteiger partial charge in [0.2, 0.25) is 0 Å². The third-order valence-corrected chi connectivity index (χ3v) is 11.3. The minimum atomic E-state index is -4.38. The summed E-state index contributed by atoms with van der Waals surface area (Å²) >= 11 is 3.08. The van der Waals surface area contributed by atoms with Gasteiger partial charge in [0, 0.05) is 60.5 Å². The highest BCUT2D eigenvalue weighted by atomic mass is 32.2. The standard InChI is InChI=1S/C38H43F3N4O2S2/c1-27(48-34-15-13-28-9-4-5-10-30(28)31(34)26-42(2)3)37(46)47-24-23-44-21-19-43(20-22-44)17-8-18-45-32-11-6-7-12-35(32)49-36-16-14-29(25-33(36)45)38(39,40)41/h4-7,9-16,25,27H,8,17-24,26H2,1-3H3. The van der Waals surface area contributed by atoms with Gasteiger partial charge < -0.3 is 19.4 Å². The Labute approximate surface area is 295 Å². The number of hydrogen-bond donors (Lipinski definition) is 0. The predicted octanol–water partition coefficient (Wildman–Crippen LogP) is 8.25. The van der Waals surface area contributed by atoms with Crippen molar-refractivity contribution >= 4 is 51.6 Å². The number of ether oxygens (including phenoxy) is 1. The third kappa shape index (κ3) is 8.75. The Balaban J connectivity index is 0.955. The molecule has 11 heteroatoms. The van der Waals surface area contributed by atoms with Gasteiger partial charge >= 0.3 is 12.1 Å². The van der Waals surface area contributed by atoms with Gasteiger partial charge in [-0.3, -0.25) is 9.69 Å². The molecule has 4 aromatic carbocycles. The molecule has 260 valence electrons. The van der Waals surface area contributed by atoms with Crippen molar-refractivity contribution in [3.63, 3.8) is 0 Å². The molecule has 6 rings (SSSR count). The van der Waals surface area contributed by atoms with Crippen LogP contribution >= 0.6 is 23.5 Å². The second-order valence-electron chi connectivity index (χ2n) is 12.9. The number of fused-ring (bicyclic) bond motifs is 3. The number of nitrogens with zero attached hydrogens (tertiary/aromatic N) is 4. The molecule has 0 N–H and O–H groups in total. The van der Waals surface area contributed by atoms with Crippen LogP contribution in [0.25, 0.3) is 10.8 Å². The smallest absolute Gasteiger partial charge is 0.416 e. The molecule has 1 atom stereocenters. The van der Waals surface area contributed by atoms with E-state index in [4.69, 9.17) is 4.74 Å². The molecule has 49 heavy (non-hydrogen) atoms. The Morgan fingerprint density at radius 3 is 2.33 bits per heavy atom. The van der Waals surface area contributed by atoms with Gasteiger partial charge in [0.15, 0.2) is 0 Å². The minimum absolute atomic E-state index is 0.200. The summed E-state index contributed by atoms with van der Waals surface area (Å²) in [5.41, 5.74) is 2.19. The average Bonchev–Trinajstić information content (AvgIpc) is 3.08. The fourth-order valence-electron chi connectivity index (χ4n) is 6.47. The number of rotatable bonds is 12. The highest BCUT2D eigenvalue weighted by molar-refractivity contribution is 8.00. The van der Waals surface area contributed by atoms with Crippen molar-refractivity contribution in [2.45, 2.75) is 46.0 Å². The van der Waals surface area contributed by atoms with Crippen molar-refractivity contribution < 1.29 is 22.7 Å². The van der Waals surface area contributed by atoms with Crippen LogP contribution in [0.5, 0.6) is 0 Å². The topological polar surface area (TPSA) is 39.3 Å². The van der Waals surface area contributed by atoms with Gasteiger partial charge in [-0.15, -0.1) is 11.8 Å². The molecule has 6 nitrogen and oxygen atoms in total. The van der Waals surface area contributed by atoms with Gasteiger partial charge in [0.1, 0.15) is 11.9 Å². The molecule has 0 amide bonds. The number of hydrogen-bond acceptors (Lipinski definition) is 8. The van der Waals surface area contributed by atoms with E-state index in [1.54, 1.807) is 17.8 Å². The van der Waals surface area contributed by atoms with Crippen LogP contribution in [0.3, 0.4) is 0 Å². The van der Waals surface area contributed by atoms with Gasteiger partial charge in [-0.2, -0.15) is 13.2 Å². The molecule has 1 fully saturated rings. The molecule has 0 radical (unpaired) electrons. The molecule has 4 aromatic rings. The highest BCUT2D eigenvalue weighted by Crippen LogP contribution is 2.49. The summed E-state index contributed by atoms with van der Waals surface area (Å²) in [5, 5.41) is 2.08. The first-order valence-corrected chi connectivity index (χ1v) is 18.5. The summed E-state index contributed by atoms with van der Waals surface area (Å²) in [6.45, 7) is 8.82. The molecule has 0 aromatic heterocycles. The molecule has 0 aliphatic carbocycles. The number of carbonyl (C=O) groups excluding carboxylic acids is 1. The van der Waals surface area contributed by atoms with Crippen LogP contribution < -0.4 is 4.90 Å². The Morgan fingerprint density at radius 1 is 0.878 bits per heavy atom. The largest absolute Gasteiger partial charge is 0.463 e. The van der Waals surface area contributed by atoms with Gasteiger partial charge in [0.05, 0.1) is 16.9 Å². The average molecular weight is 709 g/mol. The number of esters is 1. The summed E-state index contributed by atoms with van der Waals surface area (Å²) in [7, 11) is 4.11. The molecular weight excluding hydrogens is 666 g/mol.